The number of aryl methyl sites for hydroxylation is 1. The molecule has 148 valence electrons. The quantitative estimate of drug-likeness (QED) is 0.707. The second-order valence-electron chi connectivity index (χ2n) is 7.46. The summed E-state index contributed by atoms with van der Waals surface area (Å²) in [6.07, 6.45) is 3.17. The van der Waals surface area contributed by atoms with Crippen molar-refractivity contribution in [3.63, 3.8) is 0 Å². The molecule has 0 radical (unpaired) electrons. The first-order valence-corrected chi connectivity index (χ1v) is 9.26. The van der Waals surface area contributed by atoms with Gasteiger partial charge in [-0.05, 0) is 52.0 Å². The fraction of sp³-hybridized carbons (Fsp3) is 0.400. The molecule has 0 atom stereocenters. The van der Waals surface area contributed by atoms with E-state index in [2.05, 4.69) is 15.4 Å². The number of nitrogens with zero attached hydrogens (tertiary/aromatic N) is 4. The topological polar surface area (TPSA) is 91.0 Å². The van der Waals surface area contributed by atoms with Gasteiger partial charge in [-0.3, -0.25) is 14.2 Å². The predicted molar refractivity (Wildman–Crippen MR) is 108 cm³/mol. The lowest BCUT2D eigenvalue weighted by molar-refractivity contribution is -0.116. The molecule has 2 aromatic heterocycles. The molecule has 0 aliphatic rings. The molecule has 0 aliphatic carbocycles. The minimum Gasteiger partial charge on any atom is -0.494 e. The molecule has 0 unspecified atom stereocenters. The molecular weight excluding hydrogens is 358 g/mol. The molecule has 0 spiro atoms. The third-order valence-electron chi connectivity index (χ3n) is 4.22. The fourth-order valence-electron chi connectivity index (χ4n) is 2.85. The maximum Gasteiger partial charge on any atom is 0.264 e. The van der Waals surface area contributed by atoms with E-state index >= 15 is 0 Å². The third kappa shape index (κ3) is 4.21. The second-order valence-corrected chi connectivity index (χ2v) is 7.46. The maximum absolute atomic E-state index is 12.7. The molecule has 0 fully saturated rings. The average molecular weight is 383 g/mol. The summed E-state index contributed by atoms with van der Waals surface area (Å²) in [6, 6.07) is 7.16. The minimum absolute atomic E-state index is 0.160. The van der Waals surface area contributed by atoms with Crippen LogP contribution in [-0.2, 0) is 16.9 Å². The molecule has 3 aromatic rings. The summed E-state index contributed by atoms with van der Waals surface area (Å²) >= 11 is 0. The largest absolute Gasteiger partial charge is 0.494 e. The van der Waals surface area contributed by atoms with Gasteiger partial charge >= 0.3 is 0 Å². The molecule has 1 amide bonds. The molecule has 8 heteroatoms. The lowest BCUT2D eigenvalue weighted by Crippen LogP contribution is -2.26. The number of benzene rings is 1. The highest BCUT2D eigenvalue weighted by Gasteiger charge is 2.19. The zero-order chi connectivity index (χ0) is 20.3. The molecule has 0 saturated heterocycles. The lowest BCUT2D eigenvalue weighted by atomic mass is 10.1. The number of hydrogen-bond acceptors (Lipinski definition) is 5. The molecule has 0 saturated carbocycles. The van der Waals surface area contributed by atoms with Crippen LogP contribution < -0.4 is 15.6 Å². The van der Waals surface area contributed by atoms with E-state index in [1.165, 1.54) is 17.1 Å². The van der Waals surface area contributed by atoms with Gasteiger partial charge in [-0.25, -0.2) is 9.67 Å². The normalized spacial score (nSPS) is 11.6. The van der Waals surface area contributed by atoms with E-state index in [9.17, 15) is 9.59 Å². The maximum atomic E-state index is 12.7. The average Bonchev–Trinajstić information content (AvgIpc) is 3.08. The van der Waals surface area contributed by atoms with Crippen LogP contribution in [0.4, 0.5) is 5.69 Å². The van der Waals surface area contributed by atoms with Gasteiger partial charge in [0, 0.05) is 18.7 Å². The predicted octanol–water partition coefficient (Wildman–Crippen LogP) is 2.78. The van der Waals surface area contributed by atoms with E-state index in [4.69, 9.17) is 4.74 Å². The van der Waals surface area contributed by atoms with Gasteiger partial charge in [0.25, 0.3) is 5.56 Å². The zero-order valence-corrected chi connectivity index (χ0v) is 16.6. The summed E-state index contributed by atoms with van der Waals surface area (Å²) in [6.45, 7) is 8.74. The number of fused-ring (bicyclic) bond motifs is 1. The van der Waals surface area contributed by atoms with Crippen LogP contribution in [0.25, 0.3) is 11.0 Å². The van der Waals surface area contributed by atoms with Crippen molar-refractivity contribution in [1.29, 1.82) is 0 Å². The number of amides is 1. The van der Waals surface area contributed by atoms with Gasteiger partial charge in [0.15, 0.2) is 5.65 Å². The minimum atomic E-state index is -0.273. The van der Waals surface area contributed by atoms with Gasteiger partial charge < -0.3 is 10.1 Å². The Kier molecular flexibility index (Phi) is 5.48. The monoisotopic (exact) mass is 383 g/mol. The van der Waals surface area contributed by atoms with Crippen LogP contribution in [0.2, 0.25) is 0 Å². The highest BCUT2D eigenvalue weighted by molar-refractivity contribution is 5.90. The number of carbonyl (C=O) groups excluding carboxylic acids is 1. The van der Waals surface area contributed by atoms with Crippen molar-refractivity contribution in [2.24, 2.45) is 0 Å². The van der Waals surface area contributed by atoms with E-state index in [0.29, 0.717) is 23.3 Å². The highest BCUT2D eigenvalue weighted by Crippen LogP contribution is 2.18. The highest BCUT2D eigenvalue weighted by atomic mass is 16.5. The first-order valence-electron chi connectivity index (χ1n) is 9.26. The van der Waals surface area contributed by atoms with Crippen LogP contribution in [0.5, 0.6) is 5.75 Å². The SMILES string of the molecule is CCOc1ccc(NC(=O)CCn2cnc3c(cnn3C(C)(C)C)c2=O)cc1. The van der Waals surface area contributed by atoms with E-state index < -0.39 is 0 Å². The Morgan fingerprint density at radius 3 is 2.57 bits per heavy atom. The van der Waals surface area contributed by atoms with Gasteiger partial charge in [-0.15, -0.1) is 0 Å². The van der Waals surface area contributed by atoms with Gasteiger partial charge in [-0.1, -0.05) is 0 Å². The Labute approximate surface area is 163 Å². The summed E-state index contributed by atoms with van der Waals surface area (Å²) in [5.41, 5.74) is 0.758. The van der Waals surface area contributed by atoms with Crippen molar-refractivity contribution in [2.45, 2.75) is 46.2 Å². The van der Waals surface area contributed by atoms with Crippen molar-refractivity contribution in [3.05, 3.63) is 47.1 Å². The summed E-state index contributed by atoms with van der Waals surface area (Å²) in [4.78, 5) is 29.3. The molecule has 0 aliphatic heterocycles. The third-order valence-corrected chi connectivity index (χ3v) is 4.22. The lowest BCUT2D eigenvalue weighted by Gasteiger charge is -2.19. The fourth-order valence-corrected chi connectivity index (χ4v) is 2.85. The van der Waals surface area contributed by atoms with Crippen molar-refractivity contribution in [3.8, 4) is 5.75 Å². The van der Waals surface area contributed by atoms with Crippen LogP contribution in [0, 0.1) is 0 Å². The van der Waals surface area contributed by atoms with Crippen molar-refractivity contribution < 1.29 is 9.53 Å². The first-order chi connectivity index (χ1) is 13.3. The van der Waals surface area contributed by atoms with Crippen LogP contribution in [0.3, 0.4) is 0 Å². The molecule has 1 N–H and O–H groups in total. The summed E-state index contributed by atoms with van der Waals surface area (Å²) in [7, 11) is 0. The molecule has 1 aromatic carbocycles. The van der Waals surface area contributed by atoms with Crippen LogP contribution in [0.15, 0.2) is 41.6 Å². The zero-order valence-electron chi connectivity index (χ0n) is 16.6. The second kappa shape index (κ2) is 7.84. The van der Waals surface area contributed by atoms with Gasteiger partial charge in [0.2, 0.25) is 5.91 Å². The Bertz CT molecular complexity index is 1030. The first kappa shape index (κ1) is 19.6. The Balaban J connectivity index is 1.67. The molecule has 2 heterocycles. The van der Waals surface area contributed by atoms with Crippen LogP contribution in [0.1, 0.15) is 34.1 Å². The number of nitrogens with one attached hydrogen (secondary N) is 1. The summed E-state index contributed by atoms with van der Waals surface area (Å²) < 4.78 is 8.55. The molecule has 8 nitrogen and oxygen atoms in total. The molecule has 3 rings (SSSR count). The summed E-state index contributed by atoms with van der Waals surface area (Å²) in [5, 5.41) is 7.56. The van der Waals surface area contributed by atoms with E-state index in [1.807, 2.05) is 27.7 Å². The number of rotatable bonds is 6. The molecule has 28 heavy (non-hydrogen) atoms. The van der Waals surface area contributed by atoms with Crippen molar-refractivity contribution in [2.75, 3.05) is 11.9 Å². The van der Waals surface area contributed by atoms with E-state index in [1.54, 1.807) is 28.9 Å². The smallest absolute Gasteiger partial charge is 0.264 e. The van der Waals surface area contributed by atoms with Crippen molar-refractivity contribution in [1.82, 2.24) is 19.3 Å². The molecule has 0 bridgehead atoms. The number of hydrogen-bond donors (Lipinski definition) is 1. The number of aromatic nitrogens is 4. The Morgan fingerprint density at radius 1 is 1.21 bits per heavy atom. The van der Waals surface area contributed by atoms with Crippen LogP contribution in [-0.4, -0.2) is 31.8 Å². The van der Waals surface area contributed by atoms with Gasteiger partial charge in [0.1, 0.15) is 11.1 Å². The van der Waals surface area contributed by atoms with Crippen LogP contribution >= 0.6 is 0 Å². The number of ether oxygens (including phenoxy) is 1. The van der Waals surface area contributed by atoms with E-state index in [0.717, 1.165) is 5.75 Å². The molecular formula is C20H25N5O3. The number of carbonyl (C=O) groups is 1. The standard InChI is InChI=1S/C20H25N5O3/c1-5-28-15-8-6-14(7-9-15)23-17(26)10-11-24-13-21-18-16(19(24)27)12-22-25(18)20(2,3)4/h6-9,12-13H,5,10-11H2,1-4H3,(H,23,26). The Hall–Kier alpha value is -3.16. The number of anilines is 1. The van der Waals surface area contributed by atoms with E-state index in [-0.39, 0.29) is 30.0 Å². The Morgan fingerprint density at radius 2 is 1.93 bits per heavy atom. The summed E-state index contributed by atoms with van der Waals surface area (Å²) in [5.74, 6) is 0.573. The van der Waals surface area contributed by atoms with Gasteiger partial charge in [-0.2, -0.15) is 5.10 Å². The van der Waals surface area contributed by atoms with Gasteiger partial charge in [0.05, 0.1) is 24.7 Å². The van der Waals surface area contributed by atoms with Crippen molar-refractivity contribution >= 4 is 22.6 Å².